The van der Waals surface area contributed by atoms with Gasteiger partial charge in [0.25, 0.3) is 0 Å². The van der Waals surface area contributed by atoms with E-state index in [4.69, 9.17) is 4.74 Å². The molecule has 0 spiro atoms. The van der Waals surface area contributed by atoms with Crippen LogP contribution in [0.3, 0.4) is 0 Å². The average molecular weight is 476 g/mol. The lowest BCUT2D eigenvalue weighted by Crippen LogP contribution is -2.36. The summed E-state index contributed by atoms with van der Waals surface area (Å²) in [5.74, 6) is 0.453. The highest BCUT2D eigenvalue weighted by molar-refractivity contribution is 7.12. The zero-order chi connectivity index (χ0) is 23.6. The molecule has 12 heteroatoms. The summed E-state index contributed by atoms with van der Waals surface area (Å²) in [5, 5.41) is 12.9. The maximum atomic E-state index is 12.4. The maximum Gasteiger partial charge on any atom is 0.405 e. The highest BCUT2D eigenvalue weighted by atomic mass is 32.1. The molecule has 0 aliphatic heterocycles. The number of pyridine rings is 1. The third-order valence-electron chi connectivity index (χ3n) is 4.40. The van der Waals surface area contributed by atoms with Gasteiger partial charge in [-0.15, -0.1) is 10.2 Å². The van der Waals surface area contributed by atoms with Crippen LogP contribution in [0.5, 0.6) is 5.75 Å². The van der Waals surface area contributed by atoms with Crippen molar-refractivity contribution in [1.82, 2.24) is 24.9 Å². The topological polar surface area (TPSA) is 93.4 Å². The zero-order valence-electron chi connectivity index (χ0n) is 17.6. The fourth-order valence-electron chi connectivity index (χ4n) is 3.14. The number of urea groups is 1. The molecule has 1 aromatic carbocycles. The average Bonchev–Trinajstić information content (AvgIpc) is 3.40. The Kier molecular flexibility index (Phi) is 6.18. The van der Waals surface area contributed by atoms with E-state index in [2.05, 4.69) is 20.5 Å². The quantitative estimate of drug-likeness (QED) is 0.409. The predicted octanol–water partition coefficient (Wildman–Crippen LogP) is 4.99. The lowest BCUT2D eigenvalue weighted by Gasteiger charge is -2.15. The van der Waals surface area contributed by atoms with E-state index < -0.39 is 18.8 Å². The van der Waals surface area contributed by atoms with E-state index in [0.29, 0.717) is 22.7 Å². The van der Waals surface area contributed by atoms with E-state index in [1.807, 2.05) is 36.6 Å². The fourth-order valence-corrected chi connectivity index (χ4v) is 3.69. The number of carbonyl (C=O) groups is 1. The molecular formula is C21H19F3N6O2S. The van der Waals surface area contributed by atoms with Gasteiger partial charge < -0.3 is 15.4 Å². The first kappa shape index (κ1) is 22.5. The molecule has 0 fully saturated rings. The van der Waals surface area contributed by atoms with Crippen LogP contribution in [-0.4, -0.2) is 44.4 Å². The molecule has 2 N–H and O–H groups in total. The summed E-state index contributed by atoms with van der Waals surface area (Å²) in [7, 11) is 0. The number of hydrogen-bond acceptors (Lipinski definition) is 6. The Hall–Kier alpha value is -3.67. The van der Waals surface area contributed by atoms with Crippen LogP contribution in [0, 0.1) is 0 Å². The van der Waals surface area contributed by atoms with Gasteiger partial charge in [0.1, 0.15) is 28.5 Å². The summed E-state index contributed by atoms with van der Waals surface area (Å²) < 4.78 is 44.8. The molecule has 0 aliphatic rings. The van der Waals surface area contributed by atoms with E-state index in [1.54, 1.807) is 35.2 Å². The molecule has 0 bridgehead atoms. The van der Waals surface area contributed by atoms with Crippen molar-refractivity contribution in [2.75, 3.05) is 11.9 Å². The van der Waals surface area contributed by atoms with Gasteiger partial charge in [-0.3, -0.25) is 4.40 Å². The zero-order valence-corrected chi connectivity index (χ0v) is 18.4. The number of halogens is 3. The maximum absolute atomic E-state index is 12.4. The molecule has 0 saturated carbocycles. The SMILES string of the molecule is CC(C)Oc1cc(NC(=O)NCC(F)(F)F)cc(-c2cnc3cc(-c4nncs4)ccn23)c1. The second-order valence-corrected chi connectivity index (χ2v) is 8.20. The molecule has 2 amide bonds. The Morgan fingerprint density at radius 2 is 2.03 bits per heavy atom. The van der Waals surface area contributed by atoms with Crippen molar-refractivity contribution in [2.24, 2.45) is 0 Å². The summed E-state index contributed by atoms with van der Waals surface area (Å²) in [6, 6.07) is 7.76. The van der Waals surface area contributed by atoms with Crippen molar-refractivity contribution in [3.05, 3.63) is 48.2 Å². The van der Waals surface area contributed by atoms with Crippen LogP contribution < -0.4 is 15.4 Å². The predicted molar refractivity (Wildman–Crippen MR) is 118 cm³/mol. The monoisotopic (exact) mass is 476 g/mol. The standard InChI is InChI=1S/C21H19F3N6O2S/c1-12(2)32-16-6-14(5-15(8-16)28-20(31)26-10-21(22,23)24)17-9-25-18-7-13(3-4-30(17)18)19-29-27-11-33-19/h3-9,11-12H,10H2,1-2H3,(H2,26,28,31). The van der Waals surface area contributed by atoms with Crippen LogP contribution in [-0.2, 0) is 0 Å². The van der Waals surface area contributed by atoms with E-state index in [9.17, 15) is 18.0 Å². The molecule has 4 aromatic rings. The molecule has 8 nitrogen and oxygen atoms in total. The minimum atomic E-state index is -4.50. The first-order valence-corrected chi connectivity index (χ1v) is 10.7. The van der Waals surface area contributed by atoms with Crippen molar-refractivity contribution < 1.29 is 22.7 Å². The number of ether oxygens (including phenoxy) is 1. The van der Waals surface area contributed by atoms with Crippen LogP contribution >= 0.6 is 11.3 Å². The Morgan fingerprint density at radius 3 is 2.73 bits per heavy atom. The Labute approximate surface area is 190 Å². The van der Waals surface area contributed by atoms with Gasteiger partial charge in [-0.1, -0.05) is 11.3 Å². The molecule has 4 rings (SSSR count). The van der Waals surface area contributed by atoms with E-state index >= 15 is 0 Å². The van der Waals surface area contributed by atoms with Gasteiger partial charge in [-0.2, -0.15) is 13.2 Å². The number of fused-ring (bicyclic) bond motifs is 1. The molecule has 0 aliphatic carbocycles. The lowest BCUT2D eigenvalue weighted by atomic mass is 10.1. The first-order chi connectivity index (χ1) is 15.7. The summed E-state index contributed by atoms with van der Waals surface area (Å²) in [6.45, 7) is 2.26. The van der Waals surface area contributed by atoms with Gasteiger partial charge in [0.2, 0.25) is 0 Å². The Balaban J connectivity index is 1.66. The highest BCUT2D eigenvalue weighted by Gasteiger charge is 2.27. The van der Waals surface area contributed by atoms with Crippen LogP contribution in [0.2, 0.25) is 0 Å². The summed E-state index contributed by atoms with van der Waals surface area (Å²) >= 11 is 1.42. The number of rotatable bonds is 6. The van der Waals surface area contributed by atoms with Gasteiger partial charge in [-0.05, 0) is 38.1 Å². The van der Waals surface area contributed by atoms with Crippen molar-refractivity contribution in [2.45, 2.75) is 26.1 Å². The van der Waals surface area contributed by atoms with Crippen LogP contribution in [0.15, 0.2) is 48.2 Å². The van der Waals surface area contributed by atoms with Crippen LogP contribution in [0.1, 0.15) is 13.8 Å². The van der Waals surface area contributed by atoms with Crippen molar-refractivity contribution in [1.29, 1.82) is 0 Å². The number of hydrogen-bond donors (Lipinski definition) is 2. The Bertz CT molecular complexity index is 1270. The highest BCUT2D eigenvalue weighted by Crippen LogP contribution is 2.31. The lowest BCUT2D eigenvalue weighted by molar-refractivity contribution is -0.122. The third kappa shape index (κ3) is 5.58. The number of alkyl halides is 3. The normalized spacial score (nSPS) is 11.7. The molecule has 0 atom stereocenters. The number of benzene rings is 1. The second kappa shape index (κ2) is 9.06. The molecule has 33 heavy (non-hydrogen) atoms. The summed E-state index contributed by atoms with van der Waals surface area (Å²) in [5.41, 5.74) is 4.85. The largest absolute Gasteiger partial charge is 0.491 e. The van der Waals surface area contributed by atoms with Crippen molar-refractivity contribution in [3.63, 3.8) is 0 Å². The molecule has 0 unspecified atom stereocenters. The van der Waals surface area contributed by atoms with Gasteiger partial charge in [0.15, 0.2) is 0 Å². The van der Waals surface area contributed by atoms with Crippen molar-refractivity contribution in [3.8, 4) is 27.6 Å². The number of aromatic nitrogens is 4. The summed E-state index contributed by atoms with van der Waals surface area (Å²) in [4.78, 5) is 16.4. The molecule has 172 valence electrons. The second-order valence-electron chi connectivity index (χ2n) is 7.37. The van der Waals surface area contributed by atoms with Gasteiger partial charge in [0, 0.05) is 29.1 Å². The van der Waals surface area contributed by atoms with Gasteiger partial charge in [-0.25, -0.2) is 9.78 Å². The fraction of sp³-hybridized carbons (Fsp3) is 0.238. The number of nitrogens with one attached hydrogen (secondary N) is 2. The molecule has 3 heterocycles. The Morgan fingerprint density at radius 1 is 1.21 bits per heavy atom. The van der Waals surface area contributed by atoms with Gasteiger partial charge in [0.05, 0.1) is 18.0 Å². The van der Waals surface area contributed by atoms with Crippen LogP contribution in [0.4, 0.5) is 23.7 Å². The number of carbonyl (C=O) groups excluding carboxylic acids is 1. The van der Waals surface area contributed by atoms with Crippen LogP contribution in [0.25, 0.3) is 27.5 Å². The molecule has 0 saturated heterocycles. The third-order valence-corrected chi connectivity index (χ3v) is 5.14. The van der Waals surface area contributed by atoms with Crippen molar-refractivity contribution >= 4 is 28.7 Å². The molecular weight excluding hydrogens is 457 g/mol. The first-order valence-electron chi connectivity index (χ1n) is 9.85. The minimum Gasteiger partial charge on any atom is -0.491 e. The number of amides is 2. The number of imidazole rings is 1. The van der Waals surface area contributed by atoms with E-state index in [0.717, 1.165) is 10.6 Å². The smallest absolute Gasteiger partial charge is 0.405 e. The molecule has 3 aromatic heterocycles. The minimum absolute atomic E-state index is 0.149. The molecule has 0 radical (unpaired) electrons. The number of nitrogens with zero attached hydrogens (tertiary/aromatic N) is 4. The van der Waals surface area contributed by atoms with Gasteiger partial charge >= 0.3 is 12.2 Å². The number of anilines is 1. The van der Waals surface area contributed by atoms with E-state index in [-0.39, 0.29) is 11.8 Å². The van der Waals surface area contributed by atoms with E-state index in [1.165, 1.54) is 11.3 Å². The summed E-state index contributed by atoms with van der Waals surface area (Å²) in [6.07, 6.45) is -1.15.